The fourth-order valence-electron chi connectivity index (χ4n) is 0.966. The number of halogens is 1. The lowest BCUT2D eigenvalue weighted by atomic mass is 10.5. The highest BCUT2D eigenvalue weighted by Crippen LogP contribution is 2.18. The fourth-order valence-corrected chi connectivity index (χ4v) is 1.60. The minimum absolute atomic E-state index is 0.0300. The molecule has 0 saturated carbocycles. The van der Waals surface area contributed by atoms with Gasteiger partial charge in [-0.15, -0.1) is 0 Å². The Morgan fingerprint density at radius 3 is 2.75 bits per heavy atom. The third-order valence-electron chi connectivity index (χ3n) is 1.73. The molecule has 0 spiro atoms. The van der Waals surface area contributed by atoms with E-state index in [0.29, 0.717) is 16.8 Å². The Labute approximate surface area is 99.4 Å². The number of sulfone groups is 1. The van der Waals surface area contributed by atoms with Crippen molar-refractivity contribution in [1.29, 1.82) is 0 Å². The first-order chi connectivity index (χ1) is 7.42. The van der Waals surface area contributed by atoms with Crippen LogP contribution in [0.25, 0.3) is 0 Å². The first kappa shape index (κ1) is 13.0. The van der Waals surface area contributed by atoms with Gasteiger partial charge in [0.15, 0.2) is 5.82 Å². The molecule has 0 atom stereocenters. The minimum atomic E-state index is -2.99. The highest BCUT2D eigenvalue weighted by Gasteiger charge is 2.06. The second-order valence-corrected chi connectivity index (χ2v) is 5.86. The van der Waals surface area contributed by atoms with Crippen molar-refractivity contribution in [1.82, 2.24) is 9.97 Å². The molecule has 0 aliphatic heterocycles. The molecule has 6 nitrogen and oxygen atoms in total. The summed E-state index contributed by atoms with van der Waals surface area (Å²) in [6.45, 7) is 0.263. The summed E-state index contributed by atoms with van der Waals surface area (Å²) in [6, 6.07) is 0. The Hall–Kier alpha value is -1.08. The lowest BCUT2D eigenvalue weighted by Gasteiger charge is -2.07. The average Bonchev–Trinajstić information content (AvgIpc) is 2.19. The normalized spacial score (nSPS) is 11.2. The van der Waals surface area contributed by atoms with Crippen LogP contribution in [0, 0.1) is 0 Å². The molecular weight excluding hydrogens is 252 g/mol. The molecule has 0 aromatic carbocycles. The van der Waals surface area contributed by atoms with Crippen molar-refractivity contribution in [2.45, 2.75) is 0 Å². The van der Waals surface area contributed by atoms with E-state index in [9.17, 15) is 8.42 Å². The fraction of sp³-hybridized carbons (Fsp3) is 0.500. The topological polar surface area (TPSA) is 84.0 Å². The van der Waals surface area contributed by atoms with E-state index in [4.69, 9.17) is 11.6 Å². The van der Waals surface area contributed by atoms with Gasteiger partial charge in [-0.25, -0.2) is 13.4 Å². The Kier molecular flexibility index (Phi) is 4.31. The van der Waals surface area contributed by atoms with Crippen LogP contribution in [-0.2, 0) is 9.84 Å². The van der Waals surface area contributed by atoms with Gasteiger partial charge in [0.25, 0.3) is 0 Å². The van der Waals surface area contributed by atoms with Gasteiger partial charge in [-0.3, -0.25) is 0 Å². The maximum atomic E-state index is 10.9. The third-order valence-corrected chi connectivity index (χ3v) is 2.96. The molecule has 0 aliphatic carbocycles. The van der Waals surface area contributed by atoms with Crippen molar-refractivity contribution < 1.29 is 8.42 Å². The van der Waals surface area contributed by atoms with Crippen LogP contribution in [-0.4, -0.2) is 44.0 Å². The molecule has 0 amide bonds. The third kappa shape index (κ3) is 4.19. The van der Waals surface area contributed by atoms with E-state index in [-0.39, 0.29) is 12.3 Å². The van der Waals surface area contributed by atoms with E-state index in [1.54, 1.807) is 7.05 Å². The molecule has 1 aromatic heterocycles. The van der Waals surface area contributed by atoms with Crippen molar-refractivity contribution in [2.24, 2.45) is 0 Å². The van der Waals surface area contributed by atoms with Gasteiger partial charge >= 0.3 is 0 Å². The first-order valence-corrected chi connectivity index (χ1v) is 6.98. The number of nitrogens with zero attached hydrogens (tertiary/aromatic N) is 2. The summed E-state index contributed by atoms with van der Waals surface area (Å²) in [5.41, 5.74) is 0. The van der Waals surface area contributed by atoms with Crippen LogP contribution in [0.4, 0.5) is 11.8 Å². The number of nitrogens with one attached hydrogen (secondary N) is 2. The zero-order chi connectivity index (χ0) is 12.2. The van der Waals surface area contributed by atoms with Gasteiger partial charge < -0.3 is 10.6 Å². The van der Waals surface area contributed by atoms with E-state index < -0.39 is 9.84 Å². The lowest BCUT2D eigenvalue weighted by molar-refractivity contribution is 0.602. The lowest BCUT2D eigenvalue weighted by Crippen LogP contribution is -2.15. The average molecular weight is 265 g/mol. The SMILES string of the molecule is CNc1ncc(Cl)c(NCCS(C)(=O)=O)n1. The molecule has 90 valence electrons. The van der Waals surface area contributed by atoms with Crippen LogP contribution in [0.3, 0.4) is 0 Å². The second-order valence-electron chi connectivity index (χ2n) is 3.20. The van der Waals surface area contributed by atoms with Crippen LogP contribution < -0.4 is 10.6 Å². The van der Waals surface area contributed by atoms with Crippen molar-refractivity contribution in [3.8, 4) is 0 Å². The molecule has 0 aliphatic rings. The highest BCUT2D eigenvalue weighted by molar-refractivity contribution is 7.90. The summed E-state index contributed by atoms with van der Waals surface area (Å²) in [5, 5.41) is 5.96. The van der Waals surface area contributed by atoms with Crippen LogP contribution >= 0.6 is 11.6 Å². The predicted molar refractivity (Wildman–Crippen MR) is 64.8 cm³/mol. The van der Waals surface area contributed by atoms with Crippen LogP contribution in [0.2, 0.25) is 5.02 Å². The number of hydrogen-bond acceptors (Lipinski definition) is 6. The smallest absolute Gasteiger partial charge is 0.224 e. The quantitative estimate of drug-likeness (QED) is 0.812. The van der Waals surface area contributed by atoms with Crippen LogP contribution in [0.15, 0.2) is 6.20 Å². The summed E-state index contributed by atoms with van der Waals surface area (Å²) in [7, 11) is -1.30. The van der Waals surface area contributed by atoms with E-state index in [0.717, 1.165) is 0 Å². The van der Waals surface area contributed by atoms with Gasteiger partial charge in [-0.05, 0) is 0 Å². The van der Waals surface area contributed by atoms with E-state index in [1.807, 2.05) is 0 Å². The molecule has 2 N–H and O–H groups in total. The van der Waals surface area contributed by atoms with Crippen molar-refractivity contribution in [2.75, 3.05) is 36.2 Å². The molecule has 1 rings (SSSR count). The largest absolute Gasteiger partial charge is 0.368 e. The van der Waals surface area contributed by atoms with Crippen LogP contribution in [0.5, 0.6) is 0 Å². The van der Waals surface area contributed by atoms with E-state index in [1.165, 1.54) is 12.5 Å². The summed E-state index contributed by atoms with van der Waals surface area (Å²) in [4.78, 5) is 7.95. The van der Waals surface area contributed by atoms with Gasteiger partial charge in [0.05, 0.1) is 11.9 Å². The Balaban J connectivity index is 2.66. The maximum Gasteiger partial charge on any atom is 0.224 e. The molecule has 8 heteroatoms. The highest BCUT2D eigenvalue weighted by atomic mass is 35.5. The van der Waals surface area contributed by atoms with Crippen molar-refractivity contribution in [3.05, 3.63) is 11.2 Å². The Morgan fingerprint density at radius 1 is 1.50 bits per heavy atom. The van der Waals surface area contributed by atoms with Crippen molar-refractivity contribution >= 4 is 33.2 Å². The van der Waals surface area contributed by atoms with Crippen LogP contribution in [0.1, 0.15) is 0 Å². The van der Waals surface area contributed by atoms with Gasteiger partial charge in [-0.2, -0.15) is 4.98 Å². The number of rotatable bonds is 5. The summed E-state index contributed by atoms with van der Waals surface area (Å²) in [5.74, 6) is 0.873. The minimum Gasteiger partial charge on any atom is -0.368 e. The molecule has 0 fully saturated rings. The zero-order valence-corrected chi connectivity index (χ0v) is 10.6. The Morgan fingerprint density at radius 2 is 2.19 bits per heavy atom. The summed E-state index contributed by atoms with van der Waals surface area (Å²) >= 11 is 5.84. The van der Waals surface area contributed by atoms with Gasteiger partial charge in [-0.1, -0.05) is 11.6 Å². The van der Waals surface area contributed by atoms with Gasteiger partial charge in [0.2, 0.25) is 5.95 Å². The molecule has 0 radical (unpaired) electrons. The summed E-state index contributed by atoms with van der Waals surface area (Å²) < 4.78 is 21.8. The summed E-state index contributed by atoms with van der Waals surface area (Å²) in [6.07, 6.45) is 2.62. The van der Waals surface area contributed by atoms with E-state index in [2.05, 4.69) is 20.6 Å². The molecule has 1 aromatic rings. The van der Waals surface area contributed by atoms with Gasteiger partial charge in [0, 0.05) is 19.8 Å². The monoisotopic (exact) mass is 264 g/mol. The molecule has 0 bridgehead atoms. The number of hydrogen-bond donors (Lipinski definition) is 2. The second kappa shape index (κ2) is 5.31. The Bertz CT molecular complexity index is 463. The predicted octanol–water partition coefficient (Wildman–Crippen LogP) is 0.628. The molecular formula is C8H13ClN4O2S. The number of anilines is 2. The molecule has 16 heavy (non-hydrogen) atoms. The zero-order valence-electron chi connectivity index (χ0n) is 8.99. The van der Waals surface area contributed by atoms with Crippen molar-refractivity contribution in [3.63, 3.8) is 0 Å². The van der Waals surface area contributed by atoms with E-state index >= 15 is 0 Å². The molecule has 0 saturated heterocycles. The first-order valence-electron chi connectivity index (χ1n) is 4.54. The molecule has 1 heterocycles. The maximum absolute atomic E-state index is 10.9. The standard InChI is InChI=1S/C8H13ClN4O2S/c1-10-8-12-5-6(9)7(13-8)11-3-4-16(2,14)15/h5H,3-4H2,1-2H3,(H2,10,11,12,13). The van der Waals surface area contributed by atoms with Gasteiger partial charge in [0.1, 0.15) is 14.9 Å². The number of aromatic nitrogens is 2. The molecule has 0 unspecified atom stereocenters.